The predicted octanol–water partition coefficient (Wildman–Crippen LogP) is 1.42. The summed E-state index contributed by atoms with van der Waals surface area (Å²) in [5.41, 5.74) is 1.79. The maximum atomic E-state index is 12.7. The first-order chi connectivity index (χ1) is 10.0. The van der Waals surface area contributed by atoms with E-state index in [1.807, 2.05) is 30.3 Å². The molecule has 1 aromatic carbocycles. The number of aliphatic hydroxyl groups excluding tert-OH is 1. The quantitative estimate of drug-likeness (QED) is 0.845. The molecule has 1 heterocycles. The van der Waals surface area contributed by atoms with Gasteiger partial charge in [-0.05, 0) is 12.5 Å². The first-order valence-electron chi connectivity index (χ1n) is 6.69. The van der Waals surface area contributed by atoms with E-state index >= 15 is 0 Å². The lowest BCUT2D eigenvalue weighted by Gasteiger charge is -2.19. The van der Waals surface area contributed by atoms with Crippen LogP contribution in [0.15, 0.2) is 35.4 Å². The Morgan fingerprint density at radius 3 is 2.52 bits per heavy atom. The number of aromatic nitrogens is 2. The Labute approximate surface area is 124 Å². The van der Waals surface area contributed by atoms with Crippen LogP contribution in [-0.2, 0) is 23.2 Å². The molecule has 0 saturated heterocycles. The summed E-state index contributed by atoms with van der Waals surface area (Å²) in [7, 11) is -3.74. The van der Waals surface area contributed by atoms with Crippen LogP contribution in [0.1, 0.15) is 23.7 Å². The van der Waals surface area contributed by atoms with Gasteiger partial charge in [-0.3, -0.25) is 5.10 Å². The van der Waals surface area contributed by atoms with Crippen LogP contribution in [0, 0.1) is 6.92 Å². The maximum Gasteiger partial charge on any atom is 0.263 e. The SMILES string of the molecule is CCN(Cc1ccccc1)S(=O)(=O)c1n[nH]c(C)c1CO. The van der Waals surface area contributed by atoms with Crippen molar-refractivity contribution in [2.45, 2.75) is 32.0 Å². The zero-order valence-electron chi connectivity index (χ0n) is 12.1. The number of nitrogens with zero attached hydrogens (tertiary/aromatic N) is 2. The number of benzene rings is 1. The summed E-state index contributed by atoms with van der Waals surface area (Å²) >= 11 is 0. The fraction of sp³-hybridized carbons (Fsp3) is 0.357. The van der Waals surface area contributed by atoms with Gasteiger partial charge >= 0.3 is 0 Å². The van der Waals surface area contributed by atoms with Crippen LogP contribution in [0.2, 0.25) is 0 Å². The van der Waals surface area contributed by atoms with Gasteiger partial charge in [0, 0.05) is 24.3 Å². The lowest BCUT2D eigenvalue weighted by molar-refractivity contribution is 0.277. The second kappa shape index (κ2) is 6.38. The minimum Gasteiger partial charge on any atom is -0.392 e. The summed E-state index contributed by atoms with van der Waals surface area (Å²) in [5, 5.41) is 15.7. The van der Waals surface area contributed by atoms with E-state index < -0.39 is 10.0 Å². The molecule has 0 unspecified atom stereocenters. The highest BCUT2D eigenvalue weighted by Gasteiger charge is 2.29. The first-order valence-corrected chi connectivity index (χ1v) is 8.13. The number of aliphatic hydroxyl groups is 1. The molecule has 2 N–H and O–H groups in total. The van der Waals surface area contributed by atoms with Gasteiger partial charge < -0.3 is 5.11 Å². The van der Waals surface area contributed by atoms with E-state index in [0.717, 1.165) is 5.56 Å². The van der Waals surface area contributed by atoms with Crippen LogP contribution >= 0.6 is 0 Å². The topological polar surface area (TPSA) is 86.3 Å². The molecule has 1 aromatic heterocycles. The smallest absolute Gasteiger partial charge is 0.263 e. The minimum atomic E-state index is -3.74. The zero-order valence-corrected chi connectivity index (χ0v) is 12.9. The monoisotopic (exact) mass is 309 g/mol. The number of rotatable bonds is 6. The zero-order chi connectivity index (χ0) is 15.5. The molecule has 0 fully saturated rings. The molecule has 6 nitrogen and oxygen atoms in total. The number of H-pyrrole nitrogens is 1. The maximum absolute atomic E-state index is 12.7. The van der Waals surface area contributed by atoms with Gasteiger partial charge in [-0.1, -0.05) is 37.3 Å². The average Bonchev–Trinajstić information content (AvgIpc) is 2.87. The van der Waals surface area contributed by atoms with E-state index in [9.17, 15) is 13.5 Å². The van der Waals surface area contributed by atoms with E-state index in [1.165, 1.54) is 4.31 Å². The highest BCUT2D eigenvalue weighted by molar-refractivity contribution is 7.89. The number of aromatic amines is 1. The molecule has 0 spiro atoms. The summed E-state index contributed by atoms with van der Waals surface area (Å²) in [5.74, 6) is 0. The first kappa shape index (κ1) is 15.7. The second-order valence-corrected chi connectivity index (χ2v) is 6.56. The van der Waals surface area contributed by atoms with Crippen molar-refractivity contribution in [3.05, 3.63) is 47.2 Å². The summed E-state index contributed by atoms with van der Waals surface area (Å²) < 4.78 is 26.7. The standard InChI is InChI=1S/C14H19N3O3S/c1-3-17(9-12-7-5-4-6-8-12)21(19,20)14-13(10-18)11(2)15-16-14/h4-8,18H,3,9-10H2,1-2H3,(H,15,16). The molecule has 0 aliphatic rings. The van der Waals surface area contributed by atoms with Crippen molar-refractivity contribution >= 4 is 10.0 Å². The highest BCUT2D eigenvalue weighted by atomic mass is 32.2. The van der Waals surface area contributed by atoms with Crippen molar-refractivity contribution in [1.82, 2.24) is 14.5 Å². The largest absolute Gasteiger partial charge is 0.392 e. The third-order valence-corrected chi connectivity index (χ3v) is 5.23. The van der Waals surface area contributed by atoms with Crippen molar-refractivity contribution in [2.75, 3.05) is 6.54 Å². The average molecular weight is 309 g/mol. The van der Waals surface area contributed by atoms with E-state index in [0.29, 0.717) is 17.8 Å². The Morgan fingerprint density at radius 2 is 1.95 bits per heavy atom. The van der Waals surface area contributed by atoms with Gasteiger partial charge in [-0.2, -0.15) is 9.40 Å². The molecule has 0 bridgehead atoms. The van der Waals surface area contributed by atoms with E-state index in [4.69, 9.17) is 0 Å². The Kier molecular flexibility index (Phi) is 4.76. The predicted molar refractivity (Wildman–Crippen MR) is 79.0 cm³/mol. The van der Waals surface area contributed by atoms with Gasteiger partial charge in [-0.15, -0.1) is 0 Å². The van der Waals surface area contributed by atoms with Crippen molar-refractivity contribution in [3.63, 3.8) is 0 Å². The summed E-state index contributed by atoms with van der Waals surface area (Å²) in [6.07, 6.45) is 0. The molecule has 2 aromatic rings. The Balaban J connectivity index is 2.36. The van der Waals surface area contributed by atoms with Gasteiger partial charge in [-0.25, -0.2) is 8.42 Å². The molecule has 0 aliphatic heterocycles. The van der Waals surface area contributed by atoms with Crippen molar-refractivity contribution in [1.29, 1.82) is 0 Å². The molecule has 114 valence electrons. The van der Waals surface area contributed by atoms with E-state index in [2.05, 4.69) is 10.2 Å². The van der Waals surface area contributed by atoms with Crippen LogP contribution < -0.4 is 0 Å². The third kappa shape index (κ3) is 3.15. The second-order valence-electron chi connectivity index (χ2n) is 4.71. The fourth-order valence-corrected chi connectivity index (χ4v) is 3.70. The Morgan fingerprint density at radius 1 is 1.29 bits per heavy atom. The lowest BCUT2D eigenvalue weighted by Crippen LogP contribution is -2.31. The summed E-state index contributed by atoms with van der Waals surface area (Å²) in [4.78, 5) is 0. The molecular formula is C14H19N3O3S. The molecule has 2 rings (SSSR count). The van der Waals surface area contributed by atoms with E-state index in [1.54, 1.807) is 13.8 Å². The van der Waals surface area contributed by atoms with Crippen molar-refractivity contribution < 1.29 is 13.5 Å². The molecule has 21 heavy (non-hydrogen) atoms. The number of aryl methyl sites for hydroxylation is 1. The molecular weight excluding hydrogens is 290 g/mol. The molecule has 7 heteroatoms. The molecule has 0 amide bonds. The van der Waals surface area contributed by atoms with Gasteiger partial charge in [0.2, 0.25) is 0 Å². The lowest BCUT2D eigenvalue weighted by atomic mass is 10.2. The molecule has 0 radical (unpaired) electrons. The van der Waals surface area contributed by atoms with Crippen LogP contribution in [0.3, 0.4) is 0 Å². The summed E-state index contributed by atoms with van der Waals surface area (Å²) in [6.45, 7) is 3.70. The number of sulfonamides is 1. The van der Waals surface area contributed by atoms with Crippen LogP contribution in [0.25, 0.3) is 0 Å². The molecule has 0 saturated carbocycles. The molecule has 0 aliphatic carbocycles. The third-order valence-electron chi connectivity index (χ3n) is 3.33. The Bertz CT molecular complexity index is 696. The van der Waals surface area contributed by atoms with Gasteiger partial charge in [0.05, 0.1) is 6.61 Å². The highest BCUT2D eigenvalue weighted by Crippen LogP contribution is 2.22. The van der Waals surface area contributed by atoms with Gasteiger partial charge in [0.1, 0.15) is 0 Å². The van der Waals surface area contributed by atoms with Gasteiger partial charge in [0.25, 0.3) is 10.0 Å². The number of hydrogen-bond donors (Lipinski definition) is 2. The van der Waals surface area contributed by atoms with Crippen LogP contribution in [0.4, 0.5) is 0 Å². The minimum absolute atomic E-state index is 0.0970. The van der Waals surface area contributed by atoms with Crippen LogP contribution in [0.5, 0.6) is 0 Å². The molecule has 0 atom stereocenters. The number of hydrogen-bond acceptors (Lipinski definition) is 4. The van der Waals surface area contributed by atoms with E-state index in [-0.39, 0.29) is 18.2 Å². The Hall–Kier alpha value is -1.70. The summed E-state index contributed by atoms with van der Waals surface area (Å²) in [6, 6.07) is 9.37. The fourth-order valence-electron chi connectivity index (χ4n) is 2.11. The van der Waals surface area contributed by atoms with Crippen molar-refractivity contribution in [2.24, 2.45) is 0 Å². The number of nitrogens with one attached hydrogen (secondary N) is 1. The van der Waals surface area contributed by atoms with Gasteiger partial charge in [0.15, 0.2) is 5.03 Å². The van der Waals surface area contributed by atoms with Crippen LogP contribution in [-0.4, -0.2) is 34.6 Å². The van der Waals surface area contributed by atoms with Crippen molar-refractivity contribution in [3.8, 4) is 0 Å². The normalized spacial score (nSPS) is 12.0.